The first kappa shape index (κ1) is 13.7. The van der Waals surface area contributed by atoms with E-state index in [1.165, 1.54) is 7.11 Å². The van der Waals surface area contributed by atoms with Crippen molar-refractivity contribution < 1.29 is 9.53 Å². The molecule has 2 aromatic rings. The van der Waals surface area contributed by atoms with E-state index in [0.717, 1.165) is 24.4 Å². The second-order valence-corrected chi connectivity index (χ2v) is 5.40. The molecule has 21 heavy (non-hydrogen) atoms. The molecule has 3 rings (SSSR count). The number of esters is 1. The van der Waals surface area contributed by atoms with Crippen molar-refractivity contribution in [2.75, 3.05) is 7.11 Å². The van der Waals surface area contributed by atoms with Crippen LogP contribution in [0.25, 0.3) is 0 Å². The largest absolute Gasteiger partial charge is 0.464 e. The third-order valence-electron chi connectivity index (χ3n) is 3.44. The lowest BCUT2D eigenvalue weighted by molar-refractivity contribution is 0.0592. The van der Waals surface area contributed by atoms with Crippen LogP contribution in [0, 0.1) is 0 Å². The molecule has 0 N–H and O–H groups in total. The molecular formula is C12H17N7O2. The Kier molecular flexibility index (Phi) is 3.40. The molecule has 1 aliphatic rings. The Morgan fingerprint density at radius 2 is 2.10 bits per heavy atom. The van der Waals surface area contributed by atoms with Crippen LogP contribution in [0.3, 0.4) is 0 Å². The van der Waals surface area contributed by atoms with Crippen LogP contribution in [0.5, 0.6) is 0 Å². The van der Waals surface area contributed by atoms with Crippen LogP contribution in [-0.4, -0.2) is 48.3 Å². The quantitative estimate of drug-likeness (QED) is 0.742. The highest BCUT2D eigenvalue weighted by Crippen LogP contribution is 2.34. The third-order valence-corrected chi connectivity index (χ3v) is 3.44. The number of hydrogen-bond donors (Lipinski definition) is 0. The highest BCUT2D eigenvalue weighted by atomic mass is 16.5. The first-order chi connectivity index (χ1) is 10.1. The highest BCUT2D eigenvalue weighted by molar-refractivity contribution is 5.88. The molecule has 2 heterocycles. The van der Waals surface area contributed by atoms with E-state index in [2.05, 4.69) is 25.8 Å². The molecule has 1 fully saturated rings. The van der Waals surface area contributed by atoms with Gasteiger partial charge in [-0.1, -0.05) is 19.1 Å². The minimum atomic E-state index is -0.480. The van der Waals surface area contributed by atoms with Crippen LogP contribution in [-0.2, 0) is 11.3 Å². The van der Waals surface area contributed by atoms with Gasteiger partial charge in [0.1, 0.15) is 6.54 Å². The molecule has 9 heteroatoms. The molecule has 9 nitrogen and oxygen atoms in total. The van der Waals surface area contributed by atoms with Crippen molar-refractivity contribution in [3.8, 4) is 0 Å². The van der Waals surface area contributed by atoms with Crippen molar-refractivity contribution in [2.24, 2.45) is 0 Å². The molecular weight excluding hydrogens is 274 g/mol. The SMILES string of the molecule is COC(=O)c1nnn(Cc2nnnn2C2CC2)c1C(C)C. The minimum Gasteiger partial charge on any atom is -0.464 e. The summed E-state index contributed by atoms with van der Waals surface area (Å²) in [6, 6.07) is 0.390. The fraction of sp³-hybridized carbons (Fsp3) is 0.667. The fourth-order valence-corrected chi connectivity index (χ4v) is 2.30. The maximum atomic E-state index is 11.8. The molecule has 112 valence electrons. The van der Waals surface area contributed by atoms with E-state index in [4.69, 9.17) is 4.74 Å². The van der Waals surface area contributed by atoms with E-state index >= 15 is 0 Å². The average molecular weight is 291 g/mol. The Labute approximate surface area is 121 Å². The van der Waals surface area contributed by atoms with Crippen molar-refractivity contribution in [1.82, 2.24) is 35.2 Å². The number of aromatic nitrogens is 7. The second-order valence-electron chi connectivity index (χ2n) is 5.40. The van der Waals surface area contributed by atoms with Crippen LogP contribution in [0.15, 0.2) is 0 Å². The number of carbonyl (C=O) groups is 1. The molecule has 1 aliphatic carbocycles. The molecule has 0 aliphatic heterocycles. The smallest absolute Gasteiger partial charge is 0.360 e. The molecule has 0 unspecified atom stereocenters. The van der Waals surface area contributed by atoms with Gasteiger partial charge in [-0.25, -0.2) is 14.2 Å². The van der Waals surface area contributed by atoms with Crippen molar-refractivity contribution in [3.05, 3.63) is 17.2 Å². The maximum absolute atomic E-state index is 11.8. The number of hydrogen-bond acceptors (Lipinski definition) is 7. The summed E-state index contributed by atoms with van der Waals surface area (Å²) in [7, 11) is 1.33. The fourth-order valence-electron chi connectivity index (χ4n) is 2.30. The van der Waals surface area contributed by atoms with E-state index in [1.54, 1.807) is 4.68 Å². The molecule has 0 amide bonds. The monoisotopic (exact) mass is 291 g/mol. The lowest BCUT2D eigenvalue weighted by atomic mass is 10.1. The van der Waals surface area contributed by atoms with E-state index < -0.39 is 5.97 Å². The van der Waals surface area contributed by atoms with Crippen molar-refractivity contribution in [1.29, 1.82) is 0 Å². The number of tetrazole rings is 1. The summed E-state index contributed by atoms with van der Waals surface area (Å²) in [5, 5.41) is 19.8. The lowest BCUT2D eigenvalue weighted by Gasteiger charge is -2.10. The first-order valence-electron chi connectivity index (χ1n) is 6.90. The van der Waals surface area contributed by atoms with Gasteiger partial charge in [-0.3, -0.25) is 0 Å². The summed E-state index contributed by atoms with van der Waals surface area (Å²) < 4.78 is 8.24. The molecule has 0 spiro atoms. The van der Waals surface area contributed by atoms with Gasteiger partial charge < -0.3 is 4.74 Å². The van der Waals surface area contributed by atoms with Crippen LogP contribution < -0.4 is 0 Å². The number of ether oxygens (including phenoxy) is 1. The molecule has 0 saturated heterocycles. The van der Waals surface area contributed by atoms with Gasteiger partial charge >= 0.3 is 5.97 Å². The number of methoxy groups -OCH3 is 1. The topological polar surface area (TPSA) is 101 Å². The normalized spacial score (nSPS) is 14.7. The molecule has 2 aromatic heterocycles. The Morgan fingerprint density at radius 3 is 2.71 bits per heavy atom. The first-order valence-corrected chi connectivity index (χ1v) is 6.90. The number of rotatable bonds is 5. The van der Waals surface area contributed by atoms with Gasteiger partial charge in [0, 0.05) is 0 Å². The summed E-state index contributed by atoms with van der Waals surface area (Å²) >= 11 is 0. The Hall–Kier alpha value is -2.32. The number of nitrogens with zero attached hydrogens (tertiary/aromatic N) is 7. The zero-order valence-electron chi connectivity index (χ0n) is 12.2. The van der Waals surface area contributed by atoms with Gasteiger partial charge in [0.25, 0.3) is 0 Å². The van der Waals surface area contributed by atoms with Gasteiger partial charge in [0.15, 0.2) is 11.5 Å². The van der Waals surface area contributed by atoms with Crippen LogP contribution in [0.2, 0.25) is 0 Å². The van der Waals surface area contributed by atoms with Crippen LogP contribution in [0.1, 0.15) is 60.7 Å². The van der Waals surface area contributed by atoms with Crippen LogP contribution >= 0.6 is 0 Å². The van der Waals surface area contributed by atoms with Gasteiger partial charge in [-0.15, -0.1) is 10.2 Å². The molecule has 0 radical (unpaired) electrons. The summed E-state index contributed by atoms with van der Waals surface area (Å²) in [5.41, 5.74) is 0.977. The Balaban J connectivity index is 1.93. The molecule has 1 saturated carbocycles. The van der Waals surface area contributed by atoms with Crippen molar-refractivity contribution >= 4 is 5.97 Å². The van der Waals surface area contributed by atoms with E-state index in [1.807, 2.05) is 18.5 Å². The highest BCUT2D eigenvalue weighted by Gasteiger charge is 2.29. The minimum absolute atomic E-state index is 0.0827. The van der Waals surface area contributed by atoms with Gasteiger partial charge in [0.2, 0.25) is 0 Å². The summed E-state index contributed by atoms with van der Waals surface area (Å²) in [5.74, 6) is 0.326. The number of carbonyl (C=O) groups excluding carboxylic acids is 1. The predicted octanol–water partition coefficient (Wildman–Crippen LogP) is 0.558. The van der Waals surface area contributed by atoms with Gasteiger partial charge in [0.05, 0.1) is 18.8 Å². The summed E-state index contributed by atoms with van der Waals surface area (Å²) in [6.45, 7) is 4.35. The Morgan fingerprint density at radius 1 is 1.33 bits per heavy atom. The standard InChI is InChI=1S/C12H17N7O2/c1-7(2)11-10(12(20)21-3)14-16-18(11)6-9-13-15-17-19(9)8-4-5-8/h7-8H,4-6H2,1-3H3. The van der Waals surface area contributed by atoms with Crippen LogP contribution in [0.4, 0.5) is 0 Å². The molecule has 0 bridgehead atoms. The third kappa shape index (κ3) is 2.50. The second kappa shape index (κ2) is 5.23. The van der Waals surface area contributed by atoms with E-state index in [-0.39, 0.29) is 11.6 Å². The summed E-state index contributed by atoms with van der Waals surface area (Å²) in [6.07, 6.45) is 2.19. The van der Waals surface area contributed by atoms with Crippen molar-refractivity contribution in [2.45, 2.75) is 45.2 Å². The predicted molar refractivity (Wildman–Crippen MR) is 70.6 cm³/mol. The van der Waals surface area contributed by atoms with Gasteiger partial charge in [-0.05, 0) is 29.2 Å². The molecule has 0 aromatic carbocycles. The van der Waals surface area contributed by atoms with E-state index in [0.29, 0.717) is 12.6 Å². The zero-order chi connectivity index (χ0) is 15.0. The maximum Gasteiger partial charge on any atom is 0.360 e. The zero-order valence-corrected chi connectivity index (χ0v) is 12.2. The summed E-state index contributed by atoms with van der Waals surface area (Å²) in [4.78, 5) is 11.8. The van der Waals surface area contributed by atoms with E-state index in [9.17, 15) is 4.79 Å². The van der Waals surface area contributed by atoms with Gasteiger partial charge in [-0.2, -0.15) is 0 Å². The molecule has 0 atom stereocenters. The average Bonchev–Trinajstić information content (AvgIpc) is 3.05. The van der Waals surface area contributed by atoms with Crippen molar-refractivity contribution in [3.63, 3.8) is 0 Å². The lowest BCUT2D eigenvalue weighted by Crippen LogP contribution is -2.15. The Bertz CT molecular complexity index is 656.